The molecule has 1 rings (SSSR count). The quantitative estimate of drug-likeness (QED) is 0.216. The molecular weight excluding hydrogens is 314 g/mol. The first kappa shape index (κ1) is 21.5. The highest BCUT2D eigenvalue weighted by Crippen LogP contribution is 2.15. The van der Waals surface area contributed by atoms with Crippen LogP contribution in [0.25, 0.3) is 0 Å². The first-order valence-corrected chi connectivity index (χ1v) is 10.8. The molecule has 0 aliphatic rings. The second-order valence-electron chi connectivity index (χ2n) is 7.19. The van der Waals surface area contributed by atoms with Gasteiger partial charge in [-0.25, -0.2) is 4.98 Å². The normalized spacial score (nSPS) is 11.1. The van der Waals surface area contributed by atoms with Gasteiger partial charge in [0.05, 0.1) is 0 Å². The summed E-state index contributed by atoms with van der Waals surface area (Å²) in [4.78, 5) is 4.03. The van der Waals surface area contributed by atoms with E-state index in [2.05, 4.69) is 18.0 Å². The van der Waals surface area contributed by atoms with Gasteiger partial charge in [-0.05, 0) is 30.5 Å². The third kappa shape index (κ3) is 12.8. The molecule has 0 radical (unpaired) electrons. The van der Waals surface area contributed by atoms with Gasteiger partial charge in [0.2, 0.25) is 0 Å². The van der Waals surface area contributed by atoms with Crippen molar-refractivity contribution in [1.29, 1.82) is 0 Å². The zero-order chi connectivity index (χ0) is 17.3. The molecule has 0 amide bonds. The average molecular weight is 352 g/mol. The maximum atomic E-state index is 5.90. The van der Waals surface area contributed by atoms with Crippen LogP contribution in [0.1, 0.15) is 109 Å². The highest BCUT2D eigenvalue weighted by molar-refractivity contribution is 6.29. The monoisotopic (exact) mass is 351 g/mol. The van der Waals surface area contributed by atoms with Crippen molar-refractivity contribution in [2.75, 3.05) is 0 Å². The Morgan fingerprint density at radius 3 is 1.62 bits per heavy atom. The Bertz CT molecular complexity index is 391. The number of pyridine rings is 1. The van der Waals surface area contributed by atoms with Gasteiger partial charge in [0, 0.05) is 6.20 Å². The summed E-state index contributed by atoms with van der Waals surface area (Å²) in [6.07, 6.45) is 24.2. The van der Waals surface area contributed by atoms with Crippen LogP contribution in [-0.2, 0) is 6.42 Å². The molecule has 1 aromatic heterocycles. The van der Waals surface area contributed by atoms with E-state index in [0.29, 0.717) is 5.15 Å². The topological polar surface area (TPSA) is 12.9 Å². The van der Waals surface area contributed by atoms with E-state index < -0.39 is 0 Å². The fourth-order valence-electron chi connectivity index (χ4n) is 3.30. The summed E-state index contributed by atoms with van der Waals surface area (Å²) in [7, 11) is 0. The van der Waals surface area contributed by atoms with Gasteiger partial charge in [-0.3, -0.25) is 0 Å². The second kappa shape index (κ2) is 15.9. The summed E-state index contributed by atoms with van der Waals surface area (Å²) >= 11 is 5.90. The van der Waals surface area contributed by atoms with Crippen LogP contribution in [0.4, 0.5) is 0 Å². The van der Waals surface area contributed by atoms with Crippen molar-refractivity contribution in [3.8, 4) is 0 Å². The molecule has 0 aromatic carbocycles. The lowest BCUT2D eigenvalue weighted by atomic mass is 10.0. The number of halogens is 1. The number of aryl methyl sites for hydroxylation is 1. The molecule has 0 fully saturated rings. The van der Waals surface area contributed by atoms with Gasteiger partial charge in [0.15, 0.2) is 0 Å². The zero-order valence-electron chi connectivity index (χ0n) is 15.9. The number of unbranched alkanes of at least 4 members (excludes halogenated alkanes) is 14. The van der Waals surface area contributed by atoms with Crippen LogP contribution in [0.5, 0.6) is 0 Å². The number of hydrogen-bond donors (Lipinski definition) is 0. The van der Waals surface area contributed by atoms with Crippen molar-refractivity contribution in [3.05, 3.63) is 29.0 Å². The van der Waals surface area contributed by atoms with Crippen molar-refractivity contribution in [1.82, 2.24) is 4.98 Å². The third-order valence-electron chi connectivity index (χ3n) is 4.86. The molecule has 0 aliphatic heterocycles. The lowest BCUT2D eigenvalue weighted by Crippen LogP contribution is -1.88. The molecule has 1 aromatic rings. The minimum absolute atomic E-state index is 0.619. The summed E-state index contributed by atoms with van der Waals surface area (Å²) in [5.74, 6) is 0. The maximum Gasteiger partial charge on any atom is 0.129 e. The van der Waals surface area contributed by atoms with E-state index >= 15 is 0 Å². The van der Waals surface area contributed by atoms with E-state index in [0.717, 1.165) is 6.42 Å². The van der Waals surface area contributed by atoms with Crippen LogP contribution in [-0.4, -0.2) is 4.98 Å². The van der Waals surface area contributed by atoms with Crippen molar-refractivity contribution in [3.63, 3.8) is 0 Å². The first-order valence-electron chi connectivity index (χ1n) is 10.4. The second-order valence-corrected chi connectivity index (χ2v) is 7.57. The van der Waals surface area contributed by atoms with Gasteiger partial charge < -0.3 is 0 Å². The number of rotatable bonds is 16. The van der Waals surface area contributed by atoms with Crippen molar-refractivity contribution in [2.45, 2.75) is 110 Å². The zero-order valence-corrected chi connectivity index (χ0v) is 16.6. The summed E-state index contributed by atoms with van der Waals surface area (Å²) in [5, 5.41) is 0.619. The Morgan fingerprint density at radius 1 is 0.708 bits per heavy atom. The van der Waals surface area contributed by atoms with Crippen molar-refractivity contribution < 1.29 is 0 Å². The van der Waals surface area contributed by atoms with Crippen LogP contribution < -0.4 is 0 Å². The molecule has 0 aliphatic carbocycles. The van der Waals surface area contributed by atoms with E-state index in [-0.39, 0.29) is 0 Å². The molecule has 0 unspecified atom stereocenters. The SMILES string of the molecule is CCCCCCCCCCCCCCCCCc1ccnc(Cl)c1. The van der Waals surface area contributed by atoms with E-state index in [1.807, 2.05) is 12.3 Å². The van der Waals surface area contributed by atoms with Gasteiger partial charge >= 0.3 is 0 Å². The molecule has 0 saturated carbocycles. The Labute approximate surface area is 155 Å². The minimum atomic E-state index is 0.619. The molecule has 0 atom stereocenters. The summed E-state index contributed by atoms with van der Waals surface area (Å²) in [5.41, 5.74) is 1.32. The van der Waals surface area contributed by atoms with E-state index in [4.69, 9.17) is 11.6 Å². The molecule has 2 heteroatoms. The molecule has 0 N–H and O–H groups in total. The van der Waals surface area contributed by atoms with E-state index in [1.165, 1.54) is 102 Å². The maximum absolute atomic E-state index is 5.90. The lowest BCUT2D eigenvalue weighted by Gasteiger charge is -2.04. The lowest BCUT2D eigenvalue weighted by molar-refractivity contribution is 0.532. The Balaban J connectivity index is 1.76. The molecule has 1 heterocycles. The highest BCUT2D eigenvalue weighted by atomic mass is 35.5. The summed E-state index contributed by atoms with van der Waals surface area (Å²) in [6.45, 7) is 2.29. The van der Waals surface area contributed by atoms with Crippen LogP contribution >= 0.6 is 11.6 Å². The van der Waals surface area contributed by atoms with Crippen molar-refractivity contribution in [2.24, 2.45) is 0 Å². The summed E-state index contributed by atoms with van der Waals surface area (Å²) in [6, 6.07) is 4.07. The molecular formula is C22H38ClN. The Kier molecular flexibility index (Phi) is 14.3. The van der Waals surface area contributed by atoms with Gasteiger partial charge in [-0.15, -0.1) is 0 Å². The van der Waals surface area contributed by atoms with Gasteiger partial charge in [0.1, 0.15) is 5.15 Å². The number of aromatic nitrogens is 1. The minimum Gasteiger partial charge on any atom is -0.245 e. The molecule has 0 saturated heterocycles. The van der Waals surface area contributed by atoms with E-state index in [1.54, 1.807) is 0 Å². The molecule has 0 spiro atoms. The van der Waals surface area contributed by atoms with Gasteiger partial charge in [-0.2, -0.15) is 0 Å². The fraction of sp³-hybridized carbons (Fsp3) is 0.773. The average Bonchev–Trinajstić information content (AvgIpc) is 2.58. The van der Waals surface area contributed by atoms with Crippen LogP contribution in [0.15, 0.2) is 18.3 Å². The predicted molar refractivity (Wildman–Crippen MR) is 108 cm³/mol. The standard InChI is InChI=1S/C22H38ClN/c1-2-3-4-5-6-7-8-9-10-11-12-13-14-15-16-17-21-18-19-24-22(23)20-21/h18-20H,2-17H2,1H3. The van der Waals surface area contributed by atoms with Crippen LogP contribution in [0.3, 0.4) is 0 Å². The fourth-order valence-corrected chi connectivity index (χ4v) is 3.50. The highest BCUT2D eigenvalue weighted by Gasteiger charge is 1.97. The molecule has 0 bridgehead atoms. The third-order valence-corrected chi connectivity index (χ3v) is 5.07. The van der Waals surface area contributed by atoms with Crippen molar-refractivity contribution >= 4 is 11.6 Å². The molecule has 1 nitrogen and oxygen atoms in total. The van der Waals surface area contributed by atoms with Crippen LogP contribution in [0, 0.1) is 0 Å². The van der Waals surface area contributed by atoms with E-state index in [9.17, 15) is 0 Å². The first-order chi connectivity index (χ1) is 11.8. The van der Waals surface area contributed by atoms with Gasteiger partial charge in [0.25, 0.3) is 0 Å². The van der Waals surface area contributed by atoms with Crippen LogP contribution in [0.2, 0.25) is 5.15 Å². The van der Waals surface area contributed by atoms with Gasteiger partial charge in [-0.1, -0.05) is 108 Å². The predicted octanol–water partition coefficient (Wildman–Crippen LogP) is 8.15. The summed E-state index contributed by atoms with van der Waals surface area (Å²) < 4.78 is 0. The molecule has 138 valence electrons. The Morgan fingerprint density at radius 2 is 1.17 bits per heavy atom. The Hall–Kier alpha value is -0.560. The number of hydrogen-bond acceptors (Lipinski definition) is 1. The number of nitrogens with zero attached hydrogens (tertiary/aromatic N) is 1. The largest absolute Gasteiger partial charge is 0.245 e. The molecule has 24 heavy (non-hydrogen) atoms. The smallest absolute Gasteiger partial charge is 0.129 e.